The molecule has 1 fully saturated rings. The Morgan fingerprint density at radius 1 is 1.47 bits per heavy atom. The van der Waals surface area contributed by atoms with Crippen molar-refractivity contribution in [2.75, 3.05) is 20.1 Å². The first-order valence-corrected chi connectivity index (χ1v) is 6.74. The molecule has 2 atom stereocenters. The molecular weight excluding hydrogens is 208 g/mol. The molecule has 1 saturated heterocycles. The fourth-order valence-electron chi connectivity index (χ4n) is 2.77. The van der Waals surface area contributed by atoms with Gasteiger partial charge in [-0.15, -0.1) is 0 Å². The van der Waals surface area contributed by atoms with Crippen LogP contribution in [0.5, 0.6) is 0 Å². The Bertz CT molecular complexity index is 343. The van der Waals surface area contributed by atoms with E-state index in [4.69, 9.17) is 0 Å². The fourth-order valence-corrected chi connectivity index (χ4v) is 2.77. The van der Waals surface area contributed by atoms with Gasteiger partial charge in [-0.25, -0.2) is 0 Å². The van der Waals surface area contributed by atoms with Crippen LogP contribution in [-0.4, -0.2) is 20.1 Å². The van der Waals surface area contributed by atoms with Crippen molar-refractivity contribution >= 4 is 0 Å². The van der Waals surface area contributed by atoms with Gasteiger partial charge in [0.2, 0.25) is 0 Å². The molecule has 1 aromatic rings. The minimum absolute atomic E-state index is 0.500. The van der Waals surface area contributed by atoms with Crippen LogP contribution in [0.25, 0.3) is 0 Å². The third-order valence-corrected chi connectivity index (χ3v) is 3.76. The lowest BCUT2D eigenvalue weighted by Crippen LogP contribution is -2.32. The Hall–Kier alpha value is -0.860. The lowest BCUT2D eigenvalue weighted by atomic mass is 9.89. The Balaban J connectivity index is 2.00. The highest BCUT2D eigenvalue weighted by Gasteiger charge is 2.18. The lowest BCUT2D eigenvalue weighted by Gasteiger charge is -2.27. The number of hydrogen-bond donors (Lipinski definition) is 2. The van der Waals surface area contributed by atoms with E-state index in [9.17, 15) is 0 Å². The van der Waals surface area contributed by atoms with E-state index in [1.54, 1.807) is 0 Å². The minimum atomic E-state index is 0.500. The molecule has 1 aromatic carbocycles. The van der Waals surface area contributed by atoms with Crippen molar-refractivity contribution in [1.29, 1.82) is 0 Å². The summed E-state index contributed by atoms with van der Waals surface area (Å²) in [6.45, 7) is 4.55. The van der Waals surface area contributed by atoms with Gasteiger partial charge in [-0.3, -0.25) is 0 Å². The molecule has 0 radical (unpaired) electrons. The molecule has 17 heavy (non-hydrogen) atoms. The van der Waals surface area contributed by atoms with E-state index in [2.05, 4.69) is 48.9 Å². The molecule has 0 aliphatic carbocycles. The molecule has 0 aromatic heterocycles. The van der Waals surface area contributed by atoms with Crippen molar-refractivity contribution in [3.05, 3.63) is 35.4 Å². The van der Waals surface area contributed by atoms with E-state index in [1.807, 2.05) is 0 Å². The van der Waals surface area contributed by atoms with Gasteiger partial charge < -0.3 is 10.6 Å². The van der Waals surface area contributed by atoms with E-state index in [0.717, 1.165) is 5.92 Å². The summed E-state index contributed by atoms with van der Waals surface area (Å²) in [4.78, 5) is 0. The second kappa shape index (κ2) is 6.18. The van der Waals surface area contributed by atoms with Gasteiger partial charge in [0.15, 0.2) is 0 Å². The van der Waals surface area contributed by atoms with E-state index < -0.39 is 0 Å². The zero-order valence-electron chi connectivity index (χ0n) is 11.0. The average Bonchev–Trinajstić information content (AvgIpc) is 2.37. The highest BCUT2D eigenvalue weighted by Crippen LogP contribution is 2.25. The van der Waals surface area contributed by atoms with E-state index >= 15 is 0 Å². The molecule has 2 heteroatoms. The van der Waals surface area contributed by atoms with Gasteiger partial charge in [0.1, 0.15) is 0 Å². The summed E-state index contributed by atoms with van der Waals surface area (Å²) in [7, 11) is 2.07. The van der Waals surface area contributed by atoms with Crippen LogP contribution in [-0.2, 0) is 0 Å². The summed E-state index contributed by atoms with van der Waals surface area (Å²) in [5.41, 5.74) is 2.78. The summed E-state index contributed by atoms with van der Waals surface area (Å²) in [6.07, 6.45) is 3.94. The van der Waals surface area contributed by atoms with E-state index in [-0.39, 0.29) is 0 Å². The molecule has 0 bridgehead atoms. The van der Waals surface area contributed by atoms with Crippen LogP contribution in [0.15, 0.2) is 24.3 Å². The maximum Gasteiger partial charge on any atom is 0.0320 e. The summed E-state index contributed by atoms with van der Waals surface area (Å²) in [5.74, 6) is 0.821. The third-order valence-electron chi connectivity index (χ3n) is 3.76. The minimum Gasteiger partial charge on any atom is -0.316 e. The maximum absolute atomic E-state index is 3.50. The van der Waals surface area contributed by atoms with Crippen LogP contribution in [0.3, 0.4) is 0 Å². The topological polar surface area (TPSA) is 24.1 Å². The molecule has 94 valence electrons. The second-order valence-corrected chi connectivity index (χ2v) is 5.20. The van der Waals surface area contributed by atoms with Gasteiger partial charge in [-0.1, -0.05) is 29.8 Å². The van der Waals surface area contributed by atoms with E-state index in [1.165, 1.54) is 43.5 Å². The summed E-state index contributed by atoms with van der Waals surface area (Å²) in [6, 6.07) is 9.37. The average molecular weight is 232 g/mol. The fraction of sp³-hybridized carbons (Fsp3) is 0.600. The van der Waals surface area contributed by atoms with Gasteiger partial charge in [0.25, 0.3) is 0 Å². The first kappa shape index (κ1) is 12.6. The highest BCUT2D eigenvalue weighted by atomic mass is 14.9. The third kappa shape index (κ3) is 3.55. The van der Waals surface area contributed by atoms with Crippen LogP contribution < -0.4 is 10.6 Å². The molecule has 0 spiro atoms. The first-order chi connectivity index (χ1) is 8.29. The number of rotatable bonds is 4. The van der Waals surface area contributed by atoms with Crippen LogP contribution in [0.1, 0.15) is 36.4 Å². The summed E-state index contributed by atoms with van der Waals surface area (Å²) >= 11 is 0. The van der Waals surface area contributed by atoms with Crippen LogP contribution in [0.4, 0.5) is 0 Å². The van der Waals surface area contributed by atoms with Crippen LogP contribution in [0, 0.1) is 12.8 Å². The van der Waals surface area contributed by atoms with Gasteiger partial charge in [0.05, 0.1) is 0 Å². The molecular formula is C15H24N2. The molecule has 1 aliphatic heterocycles. The number of piperidine rings is 1. The predicted molar refractivity (Wildman–Crippen MR) is 73.2 cm³/mol. The van der Waals surface area contributed by atoms with Crippen molar-refractivity contribution in [3.63, 3.8) is 0 Å². The number of nitrogens with one attached hydrogen (secondary N) is 2. The normalized spacial score (nSPS) is 22.4. The molecule has 1 aliphatic rings. The van der Waals surface area contributed by atoms with Gasteiger partial charge >= 0.3 is 0 Å². The van der Waals surface area contributed by atoms with Crippen LogP contribution >= 0.6 is 0 Å². The Labute approximate surface area is 105 Å². The largest absolute Gasteiger partial charge is 0.316 e. The Morgan fingerprint density at radius 3 is 3.00 bits per heavy atom. The SMILES string of the molecule is CNC(CC1CCCNC1)c1cccc(C)c1. The predicted octanol–water partition coefficient (Wildman–Crippen LogP) is 2.65. The quantitative estimate of drug-likeness (QED) is 0.834. The zero-order chi connectivity index (χ0) is 12.1. The van der Waals surface area contributed by atoms with Crippen molar-refractivity contribution in [2.45, 2.75) is 32.2 Å². The second-order valence-electron chi connectivity index (χ2n) is 5.20. The summed E-state index contributed by atoms with van der Waals surface area (Å²) < 4.78 is 0. The number of aryl methyl sites for hydroxylation is 1. The number of hydrogen-bond acceptors (Lipinski definition) is 2. The Kier molecular flexibility index (Phi) is 4.57. The first-order valence-electron chi connectivity index (χ1n) is 6.74. The van der Waals surface area contributed by atoms with Crippen LogP contribution in [0.2, 0.25) is 0 Å². The molecule has 0 amide bonds. The van der Waals surface area contributed by atoms with Gasteiger partial charge in [-0.05, 0) is 57.8 Å². The summed E-state index contributed by atoms with van der Waals surface area (Å²) in [5, 5.41) is 6.96. The van der Waals surface area contributed by atoms with Gasteiger partial charge in [-0.2, -0.15) is 0 Å². The molecule has 1 heterocycles. The lowest BCUT2D eigenvalue weighted by molar-refractivity contribution is 0.322. The molecule has 2 unspecified atom stereocenters. The maximum atomic E-state index is 3.50. The van der Waals surface area contributed by atoms with Gasteiger partial charge in [0, 0.05) is 6.04 Å². The highest BCUT2D eigenvalue weighted by molar-refractivity contribution is 5.25. The van der Waals surface area contributed by atoms with Crippen molar-refractivity contribution in [2.24, 2.45) is 5.92 Å². The van der Waals surface area contributed by atoms with Crippen molar-refractivity contribution in [3.8, 4) is 0 Å². The van der Waals surface area contributed by atoms with Crippen molar-refractivity contribution < 1.29 is 0 Å². The standard InChI is InChI=1S/C15H24N2/c1-12-5-3-7-14(9-12)15(16-2)10-13-6-4-8-17-11-13/h3,5,7,9,13,15-17H,4,6,8,10-11H2,1-2H3. The van der Waals surface area contributed by atoms with Crippen molar-refractivity contribution in [1.82, 2.24) is 10.6 Å². The zero-order valence-corrected chi connectivity index (χ0v) is 11.0. The molecule has 0 saturated carbocycles. The monoisotopic (exact) mass is 232 g/mol. The van der Waals surface area contributed by atoms with E-state index in [0.29, 0.717) is 6.04 Å². The molecule has 2 nitrogen and oxygen atoms in total. The smallest absolute Gasteiger partial charge is 0.0320 e. The number of benzene rings is 1. The molecule has 2 rings (SSSR count). The Morgan fingerprint density at radius 2 is 2.35 bits per heavy atom. The molecule has 2 N–H and O–H groups in total.